The second kappa shape index (κ2) is 7.08. The van der Waals surface area contributed by atoms with Gasteiger partial charge in [0.1, 0.15) is 5.66 Å². The average molecular weight is 423 g/mol. The zero-order chi connectivity index (χ0) is 20.1. The van der Waals surface area contributed by atoms with Crippen LogP contribution in [0.15, 0.2) is 36.9 Å². The highest BCUT2D eigenvalue weighted by Crippen LogP contribution is 2.43. The molecule has 1 aromatic heterocycles. The van der Waals surface area contributed by atoms with Crippen molar-refractivity contribution in [2.45, 2.75) is 25.1 Å². The van der Waals surface area contributed by atoms with E-state index in [0.717, 1.165) is 11.3 Å². The van der Waals surface area contributed by atoms with Crippen molar-refractivity contribution in [1.82, 2.24) is 14.5 Å². The van der Waals surface area contributed by atoms with Crippen molar-refractivity contribution in [3.8, 4) is 0 Å². The van der Waals surface area contributed by atoms with E-state index in [2.05, 4.69) is 10.3 Å². The summed E-state index contributed by atoms with van der Waals surface area (Å²) in [6.07, 6.45) is 6.77. The van der Waals surface area contributed by atoms with Gasteiger partial charge in [0, 0.05) is 31.0 Å². The lowest BCUT2D eigenvalue weighted by atomic mass is 9.90. The number of piperidine rings is 1. The molecular weight excluding hydrogens is 403 g/mol. The van der Waals surface area contributed by atoms with Crippen LogP contribution in [0.25, 0.3) is 5.70 Å². The van der Waals surface area contributed by atoms with Crippen LogP contribution in [0.2, 0.25) is 10.0 Å². The van der Waals surface area contributed by atoms with Crippen molar-refractivity contribution in [3.05, 3.63) is 52.5 Å². The average Bonchev–Trinajstić information content (AvgIpc) is 3.19. The number of rotatable bonds is 3. The topological polar surface area (TPSA) is 90.6 Å². The van der Waals surface area contributed by atoms with Gasteiger partial charge < -0.3 is 20.1 Å². The van der Waals surface area contributed by atoms with E-state index in [0.29, 0.717) is 28.7 Å². The fourth-order valence-corrected chi connectivity index (χ4v) is 4.28. The van der Waals surface area contributed by atoms with Gasteiger partial charge in [0.15, 0.2) is 0 Å². The molecule has 4 rings (SSSR count). The molecule has 1 saturated heterocycles. The molecule has 0 saturated carbocycles. The molecular formula is C19H20Cl2N4O3. The Morgan fingerprint density at radius 3 is 2.86 bits per heavy atom. The van der Waals surface area contributed by atoms with Crippen molar-refractivity contribution >= 4 is 40.6 Å². The van der Waals surface area contributed by atoms with Gasteiger partial charge in [0.2, 0.25) is 0 Å². The monoisotopic (exact) mass is 422 g/mol. The number of nitrogens with zero attached hydrogens (tertiary/aromatic N) is 3. The van der Waals surface area contributed by atoms with Gasteiger partial charge in [0.25, 0.3) is 0 Å². The molecule has 3 unspecified atom stereocenters. The molecule has 3 N–H and O–H groups in total. The summed E-state index contributed by atoms with van der Waals surface area (Å²) in [5, 5.41) is 23.8. The molecule has 2 aliphatic heterocycles. The number of nitrogens with one attached hydrogen (secondary N) is 1. The van der Waals surface area contributed by atoms with Gasteiger partial charge in [0.05, 0.1) is 39.8 Å². The number of halogens is 2. The number of carbonyl (C=O) groups is 1. The highest BCUT2D eigenvalue weighted by Gasteiger charge is 2.42. The second-order valence-corrected chi connectivity index (χ2v) is 8.09. The van der Waals surface area contributed by atoms with E-state index < -0.39 is 23.7 Å². The summed E-state index contributed by atoms with van der Waals surface area (Å²) >= 11 is 12.8. The number of aliphatic hydroxyl groups is 1. The van der Waals surface area contributed by atoms with Crippen LogP contribution in [0.4, 0.5) is 5.69 Å². The summed E-state index contributed by atoms with van der Waals surface area (Å²) in [5.41, 5.74) is 1.69. The molecule has 0 aliphatic carbocycles. The number of imidazole rings is 1. The van der Waals surface area contributed by atoms with Crippen molar-refractivity contribution in [2.24, 2.45) is 5.92 Å². The maximum absolute atomic E-state index is 11.6. The van der Waals surface area contributed by atoms with Crippen LogP contribution in [0.5, 0.6) is 0 Å². The molecule has 3 atom stereocenters. The van der Waals surface area contributed by atoms with Crippen molar-refractivity contribution in [3.63, 3.8) is 0 Å². The fourth-order valence-electron chi connectivity index (χ4n) is 3.91. The van der Waals surface area contributed by atoms with Gasteiger partial charge in [-0.2, -0.15) is 0 Å². The quantitative estimate of drug-likeness (QED) is 0.704. The Balaban J connectivity index is 1.80. The van der Waals surface area contributed by atoms with Crippen molar-refractivity contribution < 1.29 is 15.0 Å². The molecule has 148 valence electrons. The summed E-state index contributed by atoms with van der Waals surface area (Å²) in [6.45, 7) is 2.71. The standard InChI is InChI=1S/C19H20Cl2N4O3/c1-19(25-6-4-15(26)12(9-25)18(27)28)8-14(24-7-5-22-10-24)11-2-3-13(20)16(21)17(11)23-19/h2-3,5,7-8,10,12,15,23,26H,4,6,9H2,1H3,(H,27,28). The normalized spacial score (nSPS) is 27.6. The van der Waals surface area contributed by atoms with Crippen molar-refractivity contribution in [2.75, 3.05) is 18.4 Å². The van der Waals surface area contributed by atoms with Crippen LogP contribution in [0.3, 0.4) is 0 Å². The summed E-state index contributed by atoms with van der Waals surface area (Å²) in [4.78, 5) is 17.7. The predicted octanol–water partition coefficient (Wildman–Crippen LogP) is 2.99. The number of aliphatic carboxylic acids is 1. The Morgan fingerprint density at radius 1 is 1.39 bits per heavy atom. The highest BCUT2D eigenvalue weighted by atomic mass is 35.5. The van der Waals surface area contributed by atoms with Gasteiger partial charge in [-0.3, -0.25) is 9.69 Å². The van der Waals surface area contributed by atoms with Crippen molar-refractivity contribution in [1.29, 1.82) is 0 Å². The molecule has 0 amide bonds. The highest BCUT2D eigenvalue weighted by molar-refractivity contribution is 6.44. The zero-order valence-electron chi connectivity index (χ0n) is 15.1. The van der Waals surface area contributed by atoms with Crippen LogP contribution in [0.1, 0.15) is 18.9 Å². The number of aromatic nitrogens is 2. The maximum atomic E-state index is 11.6. The molecule has 2 aromatic rings. The number of fused-ring (bicyclic) bond motifs is 1. The predicted molar refractivity (Wildman–Crippen MR) is 107 cm³/mol. The first-order valence-electron chi connectivity index (χ1n) is 8.94. The molecule has 0 radical (unpaired) electrons. The van der Waals surface area contributed by atoms with E-state index in [4.69, 9.17) is 23.2 Å². The van der Waals surface area contributed by atoms with E-state index in [1.807, 2.05) is 34.7 Å². The lowest BCUT2D eigenvalue weighted by Crippen LogP contribution is -2.59. The maximum Gasteiger partial charge on any atom is 0.310 e. The third kappa shape index (κ3) is 3.18. The van der Waals surface area contributed by atoms with Gasteiger partial charge in [-0.1, -0.05) is 23.2 Å². The van der Waals surface area contributed by atoms with Crippen LogP contribution < -0.4 is 5.32 Å². The molecule has 0 bridgehead atoms. The van der Waals surface area contributed by atoms with Crippen LogP contribution in [0, 0.1) is 5.92 Å². The lowest BCUT2D eigenvalue weighted by molar-refractivity contribution is -0.149. The number of aliphatic hydroxyl groups excluding tert-OH is 1. The van der Waals surface area contributed by atoms with Gasteiger partial charge in [-0.15, -0.1) is 0 Å². The van der Waals surface area contributed by atoms with Gasteiger partial charge in [-0.05, 0) is 31.6 Å². The first-order valence-corrected chi connectivity index (χ1v) is 9.69. The minimum atomic E-state index is -1.00. The molecule has 1 fully saturated rings. The Labute approximate surface area is 172 Å². The van der Waals surface area contributed by atoms with E-state index in [9.17, 15) is 15.0 Å². The number of carboxylic acids is 1. The third-order valence-corrected chi connectivity index (χ3v) is 6.30. The molecule has 28 heavy (non-hydrogen) atoms. The Morgan fingerprint density at radius 2 is 2.18 bits per heavy atom. The summed E-state index contributed by atoms with van der Waals surface area (Å²) in [7, 11) is 0. The smallest absolute Gasteiger partial charge is 0.310 e. The first kappa shape index (κ1) is 19.3. The van der Waals surface area contributed by atoms with Crippen LogP contribution >= 0.6 is 23.2 Å². The van der Waals surface area contributed by atoms with E-state index in [1.165, 1.54) is 0 Å². The van der Waals surface area contributed by atoms with E-state index in [1.54, 1.807) is 18.6 Å². The molecule has 7 nitrogen and oxygen atoms in total. The molecule has 1 aromatic carbocycles. The molecule has 0 spiro atoms. The summed E-state index contributed by atoms with van der Waals surface area (Å²) in [6, 6.07) is 3.64. The Hall–Kier alpha value is -2.06. The van der Waals surface area contributed by atoms with E-state index in [-0.39, 0.29) is 6.54 Å². The summed E-state index contributed by atoms with van der Waals surface area (Å²) < 4.78 is 1.88. The number of anilines is 1. The Bertz CT molecular complexity index is 947. The first-order chi connectivity index (χ1) is 13.3. The number of likely N-dealkylation sites (tertiary alicyclic amines) is 1. The molecule has 2 aliphatic rings. The minimum Gasteiger partial charge on any atom is -0.481 e. The van der Waals surface area contributed by atoms with Gasteiger partial charge >= 0.3 is 5.97 Å². The molecule has 3 heterocycles. The van der Waals surface area contributed by atoms with Crippen LogP contribution in [-0.2, 0) is 4.79 Å². The SMILES string of the molecule is CC1(N2CCC(O)C(C(=O)O)C2)C=C(n2ccnc2)c2ccc(Cl)c(Cl)c2N1. The fraction of sp³-hybridized carbons (Fsp3) is 0.368. The second-order valence-electron chi connectivity index (χ2n) is 7.30. The lowest BCUT2D eigenvalue weighted by Gasteiger charge is -2.47. The van der Waals surface area contributed by atoms with E-state index >= 15 is 0 Å². The molecule has 9 heteroatoms. The summed E-state index contributed by atoms with van der Waals surface area (Å²) in [5.74, 6) is -1.86. The van der Waals surface area contributed by atoms with Gasteiger partial charge in [-0.25, -0.2) is 4.98 Å². The third-order valence-electron chi connectivity index (χ3n) is 5.50. The number of hydrogen-bond donors (Lipinski definition) is 3. The minimum absolute atomic E-state index is 0.210. The Kier molecular flexibility index (Phi) is 4.87. The zero-order valence-corrected chi connectivity index (χ0v) is 16.7. The number of carboxylic acid groups (broad SMARTS) is 1. The number of hydrogen-bond acceptors (Lipinski definition) is 5. The number of benzene rings is 1. The van der Waals surface area contributed by atoms with Crippen LogP contribution in [-0.4, -0.2) is 55.5 Å². The largest absolute Gasteiger partial charge is 0.481 e.